The van der Waals surface area contributed by atoms with Crippen LogP contribution in [0.2, 0.25) is 0 Å². The predicted octanol–water partition coefficient (Wildman–Crippen LogP) is 4.18. The fourth-order valence-electron chi connectivity index (χ4n) is 1.27. The molecule has 0 unspecified atom stereocenters. The Labute approximate surface area is 93.7 Å². The molecule has 0 radical (unpaired) electrons. The first kappa shape index (κ1) is 16.4. The fraction of sp³-hybridized carbons (Fsp3) is 0.615. The van der Waals surface area contributed by atoms with Gasteiger partial charge in [-0.25, -0.2) is 0 Å². The average Bonchev–Trinajstić information content (AvgIpc) is 2.24. The van der Waals surface area contributed by atoms with Gasteiger partial charge in [0.25, 0.3) is 0 Å². The maximum absolute atomic E-state index is 10.2. The average molecular weight is 212 g/mol. The number of hydrogen-bond acceptors (Lipinski definition) is 1. The molecule has 2 nitrogen and oxygen atoms in total. The van der Waals surface area contributed by atoms with Gasteiger partial charge >= 0.3 is 5.97 Å². The van der Waals surface area contributed by atoms with Crippen LogP contribution < -0.4 is 0 Å². The highest BCUT2D eigenvalue weighted by atomic mass is 16.4. The molecule has 1 N–H and O–H groups in total. The van der Waals surface area contributed by atoms with Gasteiger partial charge in [-0.2, -0.15) is 0 Å². The maximum atomic E-state index is 10.2. The molecule has 0 aromatic heterocycles. The van der Waals surface area contributed by atoms with Gasteiger partial charge in [0.1, 0.15) is 0 Å². The van der Waals surface area contributed by atoms with Crippen molar-refractivity contribution in [3.63, 3.8) is 0 Å². The molecule has 0 spiro atoms. The Bertz CT molecular complexity index is 153. The molecule has 0 aromatic rings. The summed E-state index contributed by atoms with van der Waals surface area (Å²) in [5.41, 5.74) is 0. The van der Waals surface area contributed by atoms with E-state index in [1.54, 1.807) is 0 Å². The second-order valence-corrected chi connectivity index (χ2v) is 3.34. The first-order chi connectivity index (χ1) is 7.27. The number of carboxylic acids is 1. The Balaban J connectivity index is 0. The third-order valence-corrected chi connectivity index (χ3v) is 2.05. The Morgan fingerprint density at radius 2 is 1.47 bits per heavy atom. The quantitative estimate of drug-likeness (QED) is 0.460. The molecule has 0 aliphatic rings. The minimum Gasteiger partial charge on any atom is -0.481 e. The van der Waals surface area contributed by atoms with Crippen LogP contribution in [0.5, 0.6) is 0 Å². The first-order valence-corrected chi connectivity index (χ1v) is 5.60. The smallest absolute Gasteiger partial charge is 0.303 e. The summed E-state index contributed by atoms with van der Waals surface area (Å²) in [5, 5.41) is 8.38. The summed E-state index contributed by atoms with van der Waals surface area (Å²) >= 11 is 0. The summed E-state index contributed by atoms with van der Waals surface area (Å²) in [5.74, 6) is -0.674. The molecular formula is C13H24O2. The summed E-state index contributed by atoms with van der Waals surface area (Å²) in [6.07, 6.45) is 10.1. The summed E-state index contributed by atoms with van der Waals surface area (Å²) in [7, 11) is 0. The number of carbonyl (C=O) groups is 1. The summed E-state index contributed by atoms with van der Waals surface area (Å²) < 4.78 is 0. The van der Waals surface area contributed by atoms with E-state index in [0.717, 1.165) is 19.3 Å². The number of allylic oxidation sites excluding steroid dienone is 1. The van der Waals surface area contributed by atoms with E-state index >= 15 is 0 Å². The van der Waals surface area contributed by atoms with Gasteiger partial charge < -0.3 is 5.11 Å². The molecule has 0 bridgehead atoms. The molecule has 0 aliphatic heterocycles. The van der Waals surface area contributed by atoms with Crippen LogP contribution >= 0.6 is 0 Å². The van der Waals surface area contributed by atoms with Gasteiger partial charge in [0.15, 0.2) is 0 Å². The molecule has 0 aromatic carbocycles. The lowest BCUT2D eigenvalue weighted by atomic mass is 10.1. The van der Waals surface area contributed by atoms with Crippen molar-refractivity contribution in [2.45, 2.75) is 51.4 Å². The van der Waals surface area contributed by atoms with Gasteiger partial charge in [0, 0.05) is 6.42 Å². The number of rotatable bonds is 9. The van der Waals surface area contributed by atoms with Crippen LogP contribution in [-0.2, 0) is 4.79 Å². The molecule has 0 amide bonds. The lowest BCUT2D eigenvalue weighted by Crippen LogP contribution is -1.93. The summed E-state index contributed by atoms with van der Waals surface area (Å²) in [4.78, 5) is 10.2. The van der Waals surface area contributed by atoms with E-state index in [1.807, 2.05) is 6.08 Å². The monoisotopic (exact) mass is 212 g/mol. The molecule has 0 fully saturated rings. The lowest BCUT2D eigenvalue weighted by molar-refractivity contribution is -0.137. The maximum Gasteiger partial charge on any atom is 0.303 e. The SMILES string of the molecule is C=C.C=CCCCCCCCCC(=O)O. The van der Waals surface area contributed by atoms with E-state index in [4.69, 9.17) is 5.11 Å². The van der Waals surface area contributed by atoms with Crippen molar-refractivity contribution < 1.29 is 9.90 Å². The third kappa shape index (κ3) is 19.4. The summed E-state index contributed by atoms with van der Waals surface area (Å²) in [6.45, 7) is 9.66. The van der Waals surface area contributed by atoms with Crippen LogP contribution in [0.25, 0.3) is 0 Å². The number of carboxylic acid groups (broad SMARTS) is 1. The van der Waals surface area contributed by atoms with Crippen LogP contribution in [0.1, 0.15) is 51.4 Å². The first-order valence-electron chi connectivity index (χ1n) is 5.60. The van der Waals surface area contributed by atoms with Crippen LogP contribution in [0.4, 0.5) is 0 Å². The molecule has 0 saturated heterocycles. The molecule has 0 saturated carbocycles. The van der Waals surface area contributed by atoms with E-state index in [0.29, 0.717) is 6.42 Å². The van der Waals surface area contributed by atoms with Crippen LogP contribution in [0.3, 0.4) is 0 Å². The minimum absolute atomic E-state index is 0.326. The molecule has 0 rings (SSSR count). The van der Waals surface area contributed by atoms with Crippen molar-refractivity contribution in [2.75, 3.05) is 0 Å². The summed E-state index contributed by atoms with van der Waals surface area (Å²) in [6, 6.07) is 0. The van der Waals surface area contributed by atoms with E-state index in [9.17, 15) is 4.79 Å². The van der Waals surface area contributed by atoms with E-state index in [1.165, 1.54) is 25.7 Å². The largest absolute Gasteiger partial charge is 0.481 e. The second-order valence-electron chi connectivity index (χ2n) is 3.34. The van der Waals surface area contributed by atoms with E-state index in [-0.39, 0.29) is 0 Å². The zero-order valence-corrected chi connectivity index (χ0v) is 9.71. The van der Waals surface area contributed by atoms with Crippen molar-refractivity contribution in [3.8, 4) is 0 Å². The van der Waals surface area contributed by atoms with Gasteiger partial charge in [-0.15, -0.1) is 19.7 Å². The van der Waals surface area contributed by atoms with Crippen molar-refractivity contribution in [3.05, 3.63) is 25.8 Å². The van der Waals surface area contributed by atoms with Crippen molar-refractivity contribution >= 4 is 5.97 Å². The van der Waals surface area contributed by atoms with Crippen LogP contribution in [0.15, 0.2) is 25.8 Å². The fourth-order valence-corrected chi connectivity index (χ4v) is 1.27. The minimum atomic E-state index is -0.674. The topological polar surface area (TPSA) is 37.3 Å². The van der Waals surface area contributed by atoms with Crippen molar-refractivity contribution in [2.24, 2.45) is 0 Å². The van der Waals surface area contributed by atoms with Crippen molar-refractivity contribution in [1.29, 1.82) is 0 Å². The molecule has 0 heterocycles. The van der Waals surface area contributed by atoms with Gasteiger partial charge in [-0.05, 0) is 19.3 Å². The highest BCUT2D eigenvalue weighted by Gasteiger charge is 1.95. The van der Waals surface area contributed by atoms with Crippen LogP contribution in [0, 0.1) is 0 Å². The zero-order chi connectivity index (χ0) is 11.9. The standard InChI is InChI=1S/C11H20O2.C2H4/c1-2-3-4-5-6-7-8-9-10-11(12)13;1-2/h2H,1,3-10H2,(H,12,13);1-2H2. The van der Waals surface area contributed by atoms with Gasteiger partial charge in [-0.1, -0.05) is 31.8 Å². The van der Waals surface area contributed by atoms with Gasteiger partial charge in [0.2, 0.25) is 0 Å². The zero-order valence-electron chi connectivity index (χ0n) is 9.71. The molecule has 15 heavy (non-hydrogen) atoms. The molecule has 88 valence electrons. The van der Waals surface area contributed by atoms with E-state index < -0.39 is 5.97 Å². The third-order valence-electron chi connectivity index (χ3n) is 2.05. The number of hydrogen-bond donors (Lipinski definition) is 1. The lowest BCUT2D eigenvalue weighted by Gasteiger charge is -1.98. The molecule has 0 atom stereocenters. The number of unbranched alkanes of at least 4 members (excludes halogenated alkanes) is 6. The van der Waals surface area contributed by atoms with Gasteiger partial charge in [0.05, 0.1) is 0 Å². The molecule has 2 heteroatoms. The Morgan fingerprint density at radius 3 is 1.93 bits per heavy atom. The second kappa shape index (κ2) is 15.4. The highest BCUT2D eigenvalue weighted by Crippen LogP contribution is 2.08. The molecular weight excluding hydrogens is 188 g/mol. The van der Waals surface area contributed by atoms with Crippen molar-refractivity contribution in [1.82, 2.24) is 0 Å². The Hall–Kier alpha value is -1.05. The van der Waals surface area contributed by atoms with E-state index in [2.05, 4.69) is 19.7 Å². The molecule has 0 aliphatic carbocycles. The van der Waals surface area contributed by atoms with Crippen LogP contribution in [-0.4, -0.2) is 11.1 Å². The number of aliphatic carboxylic acids is 1. The Morgan fingerprint density at radius 1 is 1.00 bits per heavy atom. The normalized spacial score (nSPS) is 8.80. The van der Waals surface area contributed by atoms with Gasteiger partial charge in [-0.3, -0.25) is 4.79 Å². The predicted molar refractivity (Wildman–Crippen MR) is 66.0 cm³/mol. The highest BCUT2D eigenvalue weighted by molar-refractivity contribution is 5.66. The Kier molecular flexibility index (Phi) is 16.8.